The predicted molar refractivity (Wildman–Crippen MR) is 202 cm³/mol. The van der Waals surface area contributed by atoms with E-state index in [1.165, 1.54) is 64.6 Å². The smallest absolute Gasteiger partial charge is 0.0970 e. The molecule has 220 valence electrons. The molecule has 0 amide bonds. The summed E-state index contributed by atoms with van der Waals surface area (Å²) in [5.74, 6) is 0. The molecule has 3 aromatic heterocycles. The largest absolute Gasteiger partial charge is 0.256 e. The van der Waals surface area contributed by atoms with Crippen molar-refractivity contribution in [3.63, 3.8) is 0 Å². The van der Waals surface area contributed by atoms with Crippen LogP contribution in [-0.2, 0) is 0 Å². The van der Waals surface area contributed by atoms with Gasteiger partial charge in [-0.25, -0.2) is 0 Å². The van der Waals surface area contributed by atoms with Gasteiger partial charge in [0.05, 0.1) is 16.7 Å². The zero-order valence-electron chi connectivity index (χ0n) is 25.8. The molecule has 0 aliphatic heterocycles. The van der Waals surface area contributed by atoms with Gasteiger partial charge < -0.3 is 0 Å². The molecule has 0 saturated carbocycles. The van der Waals surface area contributed by atoms with Crippen LogP contribution in [0.5, 0.6) is 0 Å². The van der Waals surface area contributed by atoms with Crippen LogP contribution in [0.3, 0.4) is 0 Å². The fourth-order valence-corrected chi connectivity index (χ4v) is 8.17. The van der Waals surface area contributed by atoms with Gasteiger partial charge in [0, 0.05) is 40.5 Å². The Morgan fingerprint density at radius 1 is 0.333 bits per heavy atom. The van der Waals surface area contributed by atoms with Gasteiger partial charge in [0.2, 0.25) is 0 Å². The number of benzene rings is 7. The van der Waals surface area contributed by atoms with Crippen LogP contribution in [0.4, 0.5) is 0 Å². The van der Waals surface area contributed by atoms with Crippen molar-refractivity contribution in [1.82, 2.24) is 15.0 Å². The minimum Gasteiger partial charge on any atom is -0.256 e. The minimum absolute atomic E-state index is 0.910. The maximum atomic E-state index is 5.10. The van der Waals surface area contributed by atoms with Gasteiger partial charge in [-0.15, -0.1) is 0 Å². The Hall–Kier alpha value is -6.45. The summed E-state index contributed by atoms with van der Waals surface area (Å²) in [6.45, 7) is 0. The summed E-state index contributed by atoms with van der Waals surface area (Å²) < 4.78 is 0. The van der Waals surface area contributed by atoms with E-state index >= 15 is 0 Å². The summed E-state index contributed by atoms with van der Waals surface area (Å²) in [5.41, 5.74) is 6.05. The summed E-state index contributed by atoms with van der Waals surface area (Å²) in [4.78, 5) is 14.4. The minimum atomic E-state index is 0.910. The summed E-state index contributed by atoms with van der Waals surface area (Å²) in [6, 6.07) is 48.7. The third-order valence-electron chi connectivity index (χ3n) is 10.3. The molecule has 0 atom stereocenters. The highest BCUT2D eigenvalue weighted by atomic mass is 14.7. The Labute approximate surface area is 275 Å². The first-order valence-corrected chi connectivity index (χ1v) is 16.3. The van der Waals surface area contributed by atoms with E-state index in [1.54, 1.807) is 0 Å². The number of aromatic nitrogens is 3. The molecule has 0 unspecified atom stereocenters. The molecular formula is C45H25N3. The number of fused-ring (bicyclic) bond motifs is 5. The first kappa shape index (κ1) is 25.7. The number of hydrogen-bond acceptors (Lipinski definition) is 3. The molecule has 0 N–H and O–H groups in total. The van der Waals surface area contributed by atoms with Crippen LogP contribution in [-0.4, -0.2) is 15.0 Å². The first-order valence-electron chi connectivity index (χ1n) is 16.3. The highest BCUT2D eigenvalue weighted by Gasteiger charge is 2.17. The summed E-state index contributed by atoms with van der Waals surface area (Å²) in [5, 5.41) is 17.5. The molecule has 0 fully saturated rings. The van der Waals surface area contributed by atoms with Crippen molar-refractivity contribution in [1.29, 1.82) is 0 Å². The predicted octanol–water partition coefficient (Wildman–Crippen LogP) is 11.9. The van der Waals surface area contributed by atoms with Crippen molar-refractivity contribution in [3.05, 3.63) is 152 Å². The molecule has 0 bridgehead atoms. The van der Waals surface area contributed by atoms with Gasteiger partial charge in [0.15, 0.2) is 0 Å². The lowest BCUT2D eigenvalue weighted by Gasteiger charge is -2.17. The van der Waals surface area contributed by atoms with Gasteiger partial charge in [-0.05, 0) is 107 Å². The molecule has 11 rings (SSSR count). The standard InChI is InChI=1S/C45H25N3/c1-6-26-14-15-27-8-3-12-35-38-24-32(22-29-17-16-28-7-2-11-34(41(28)43(29)38)33(10-1)40(26)42(27)35)39-19-18-31(25-48-39)37-23-30-9-4-20-46-44(30)45-36(37)13-5-21-47-45/h1-25H. The molecule has 0 spiro atoms. The second-order valence-electron chi connectivity index (χ2n) is 12.8. The molecule has 8 aromatic carbocycles. The molecule has 48 heavy (non-hydrogen) atoms. The van der Waals surface area contributed by atoms with Crippen LogP contribution in [0.15, 0.2) is 152 Å². The monoisotopic (exact) mass is 607 g/mol. The topological polar surface area (TPSA) is 38.7 Å². The van der Waals surface area contributed by atoms with E-state index in [0.29, 0.717) is 0 Å². The van der Waals surface area contributed by atoms with Crippen LogP contribution < -0.4 is 0 Å². The van der Waals surface area contributed by atoms with E-state index in [-0.39, 0.29) is 0 Å². The molecule has 0 radical (unpaired) electrons. The lowest BCUT2D eigenvalue weighted by atomic mass is 9.87. The Balaban J connectivity index is 1.21. The van der Waals surface area contributed by atoms with E-state index in [0.717, 1.165) is 44.2 Å². The van der Waals surface area contributed by atoms with Crippen LogP contribution >= 0.6 is 0 Å². The van der Waals surface area contributed by atoms with Gasteiger partial charge in [-0.1, -0.05) is 97.1 Å². The lowest BCUT2D eigenvalue weighted by molar-refractivity contribution is 1.33. The van der Waals surface area contributed by atoms with Crippen molar-refractivity contribution in [3.8, 4) is 22.4 Å². The van der Waals surface area contributed by atoms with E-state index in [9.17, 15) is 0 Å². The number of nitrogens with zero attached hydrogens (tertiary/aromatic N) is 3. The summed E-state index contributed by atoms with van der Waals surface area (Å²) in [7, 11) is 0. The third-order valence-corrected chi connectivity index (χ3v) is 10.3. The van der Waals surface area contributed by atoms with E-state index in [2.05, 4.69) is 126 Å². The van der Waals surface area contributed by atoms with Crippen molar-refractivity contribution in [2.45, 2.75) is 0 Å². The molecule has 3 heterocycles. The van der Waals surface area contributed by atoms with Gasteiger partial charge in [-0.3, -0.25) is 15.0 Å². The molecule has 3 heteroatoms. The molecule has 0 aliphatic carbocycles. The average Bonchev–Trinajstić information content (AvgIpc) is 3.15. The average molecular weight is 608 g/mol. The second kappa shape index (κ2) is 9.54. The fourth-order valence-electron chi connectivity index (χ4n) is 8.17. The Morgan fingerprint density at radius 3 is 1.56 bits per heavy atom. The zero-order chi connectivity index (χ0) is 31.3. The van der Waals surface area contributed by atoms with Crippen molar-refractivity contribution < 1.29 is 0 Å². The van der Waals surface area contributed by atoms with Crippen molar-refractivity contribution in [2.24, 2.45) is 0 Å². The third kappa shape index (κ3) is 3.50. The Morgan fingerprint density at radius 2 is 0.896 bits per heavy atom. The quantitative estimate of drug-likeness (QED) is 0.184. The molecule has 0 saturated heterocycles. The second-order valence-corrected chi connectivity index (χ2v) is 12.8. The molecule has 3 nitrogen and oxygen atoms in total. The summed E-state index contributed by atoms with van der Waals surface area (Å²) in [6.07, 6.45) is 5.67. The molecule has 0 aliphatic rings. The number of pyridine rings is 3. The van der Waals surface area contributed by atoms with Gasteiger partial charge in [0.25, 0.3) is 0 Å². The lowest BCUT2D eigenvalue weighted by Crippen LogP contribution is -1.91. The van der Waals surface area contributed by atoms with Gasteiger partial charge in [0.1, 0.15) is 0 Å². The van der Waals surface area contributed by atoms with Crippen LogP contribution in [0.1, 0.15) is 0 Å². The number of hydrogen-bond donors (Lipinski definition) is 0. The van der Waals surface area contributed by atoms with Crippen LogP contribution in [0.2, 0.25) is 0 Å². The van der Waals surface area contributed by atoms with Gasteiger partial charge in [-0.2, -0.15) is 0 Å². The van der Waals surface area contributed by atoms with E-state index < -0.39 is 0 Å². The zero-order valence-corrected chi connectivity index (χ0v) is 25.8. The highest BCUT2D eigenvalue weighted by molar-refractivity contribution is 6.37. The Bertz CT molecular complexity index is 3100. The summed E-state index contributed by atoms with van der Waals surface area (Å²) >= 11 is 0. The Kier molecular flexibility index (Phi) is 5.11. The van der Waals surface area contributed by atoms with Gasteiger partial charge >= 0.3 is 0 Å². The maximum absolute atomic E-state index is 5.10. The van der Waals surface area contributed by atoms with Crippen LogP contribution in [0.25, 0.3) is 109 Å². The fraction of sp³-hybridized carbons (Fsp3) is 0. The van der Waals surface area contributed by atoms with E-state index in [4.69, 9.17) is 9.97 Å². The SMILES string of the molecule is c1cnc2c(c1)cc(-c1ccc(-c3cc4ccc5cccc6c7cccc8ccc9cccc(c(c3)c4c56)c9c87)nc1)c1cccnc12. The molecule has 11 aromatic rings. The van der Waals surface area contributed by atoms with Crippen LogP contribution in [0, 0.1) is 0 Å². The molecular weight excluding hydrogens is 583 g/mol. The first-order chi connectivity index (χ1) is 23.8. The number of rotatable bonds is 2. The van der Waals surface area contributed by atoms with Crippen molar-refractivity contribution in [2.75, 3.05) is 0 Å². The highest BCUT2D eigenvalue weighted by Crippen LogP contribution is 2.44. The van der Waals surface area contributed by atoms with Crippen molar-refractivity contribution >= 4 is 86.4 Å². The maximum Gasteiger partial charge on any atom is 0.0970 e. The normalized spacial score (nSPS) is 12.2. The van der Waals surface area contributed by atoms with E-state index in [1.807, 2.05) is 30.7 Å².